The molecular weight excluding hydrogens is 246 g/mol. The SMILES string of the molecule is Cc1noc(C)c1CN(CCC(=O)O)CCN(C)C. The largest absolute Gasteiger partial charge is 0.481 e. The van der Waals surface area contributed by atoms with Crippen molar-refractivity contribution in [2.75, 3.05) is 33.7 Å². The number of nitrogens with zero attached hydrogens (tertiary/aromatic N) is 3. The van der Waals surface area contributed by atoms with Gasteiger partial charge in [-0.15, -0.1) is 0 Å². The van der Waals surface area contributed by atoms with E-state index in [0.717, 1.165) is 30.1 Å². The van der Waals surface area contributed by atoms with Gasteiger partial charge in [0.1, 0.15) is 5.76 Å². The van der Waals surface area contributed by atoms with Gasteiger partial charge in [-0.1, -0.05) is 5.16 Å². The zero-order chi connectivity index (χ0) is 14.4. The second-order valence-corrected chi connectivity index (χ2v) is 5.03. The van der Waals surface area contributed by atoms with Gasteiger partial charge in [0.15, 0.2) is 0 Å². The Morgan fingerprint density at radius 1 is 1.26 bits per heavy atom. The van der Waals surface area contributed by atoms with Crippen LogP contribution in [0, 0.1) is 13.8 Å². The molecule has 0 atom stereocenters. The fourth-order valence-electron chi connectivity index (χ4n) is 1.82. The lowest BCUT2D eigenvalue weighted by Gasteiger charge is -2.23. The zero-order valence-electron chi connectivity index (χ0n) is 12.1. The van der Waals surface area contributed by atoms with Gasteiger partial charge < -0.3 is 14.5 Å². The standard InChI is InChI=1S/C13H23N3O3/c1-10-12(11(2)19-14-10)9-16(6-5-13(17)18)8-7-15(3)4/h5-9H2,1-4H3,(H,17,18). The quantitative estimate of drug-likeness (QED) is 0.763. The lowest BCUT2D eigenvalue weighted by molar-refractivity contribution is -0.137. The van der Waals surface area contributed by atoms with E-state index in [-0.39, 0.29) is 6.42 Å². The minimum Gasteiger partial charge on any atom is -0.481 e. The number of carboxylic acid groups (broad SMARTS) is 1. The van der Waals surface area contributed by atoms with Gasteiger partial charge in [0.05, 0.1) is 12.1 Å². The molecule has 1 N–H and O–H groups in total. The van der Waals surface area contributed by atoms with Crippen LogP contribution in [0.5, 0.6) is 0 Å². The van der Waals surface area contributed by atoms with Crippen LogP contribution in [0.25, 0.3) is 0 Å². The van der Waals surface area contributed by atoms with Crippen molar-refractivity contribution in [1.29, 1.82) is 0 Å². The molecule has 0 saturated heterocycles. The molecule has 1 heterocycles. The maximum Gasteiger partial charge on any atom is 0.304 e. The van der Waals surface area contributed by atoms with Gasteiger partial charge in [-0.3, -0.25) is 9.69 Å². The molecule has 0 bridgehead atoms. The van der Waals surface area contributed by atoms with Gasteiger partial charge in [-0.2, -0.15) is 0 Å². The molecule has 0 fully saturated rings. The van der Waals surface area contributed by atoms with E-state index in [0.29, 0.717) is 13.1 Å². The van der Waals surface area contributed by atoms with E-state index in [9.17, 15) is 4.79 Å². The van der Waals surface area contributed by atoms with Gasteiger partial charge in [0, 0.05) is 31.7 Å². The van der Waals surface area contributed by atoms with Crippen molar-refractivity contribution in [2.24, 2.45) is 0 Å². The normalized spacial score (nSPS) is 11.5. The summed E-state index contributed by atoms with van der Waals surface area (Å²) in [5.74, 6) is 0.0382. The number of likely N-dealkylation sites (N-methyl/N-ethyl adjacent to an activating group) is 1. The molecule has 1 aromatic rings. The highest BCUT2D eigenvalue weighted by atomic mass is 16.5. The molecule has 108 valence electrons. The molecular formula is C13H23N3O3. The van der Waals surface area contributed by atoms with Crippen molar-refractivity contribution < 1.29 is 14.4 Å². The van der Waals surface area contributed by atoms with Crippen molar-refractivity contribution in [3.63, 3.8) is 0 Å². The van der Waals surface area contributed by atoms with E-state index in [2.05, 4.69) is 15.0 Å². The van der Waals surface area contributed by atoms with Crippen molar-refractivity contribution in [3.05, 3.63) is 17.0 Å². The highest BCUT2D eigenvalue weighted by Crippen LogP contribution is 2.15. The summed E-state index contributed by atoms with van der Waals surface area (Å²) in [6, 6.07) is 0. The Labute approximate surface area is 114 Å². The topological polar surface area (TPSA) is 69.8 Å². The van der Waals surface area contributed by atoms with E-state index in [1.165, 1.54) is 0 Å². The van der Waals surface area contributed by atoms with E-state index in [4.69, 9.17) is 9.63 Å². The minimum absolute atomic E-state index is 0.150. The fraction of sp³-hybridized carbons (Fsp3) is 0.692. The first kappa shape index (κ1) is 15.7. The van der Waals surface area contributed by atoms with Gasteiger partial charge in [0.25, 0.3) is 0 Å². The average molecular weight is 269 g/mol. The summed E-state index contributed by atoms with van der Waals surface area (Å²) >= 11 is 0. The van der Waals surface area contributed by atoms with E-state index >= 15 is 0 Å². The highest BCUT2D eigenvalue weighted by Gasteiger charge is 2.15. The summed E-state index contributed by atoms with van der Waals surface area (Å²) in [6.07, 6.45) is 0.150. The number of carboxylic acids is 1. The molecule has 0 aliphatic rings. The van der Waals surface area contributed by atoms with Gasteiger partial charge >= 0.3 is 5.97 Å². The molecule has 0 aliphatic carbocycles. The number of rotatable bonds is 8. The molecule has 0 unspecified atom stereocenters. The van der Waals surface area contributed by atoms with Gasteiger partial charge in [-0.25, -0.2) is 0 Å². The Kier molecular flexibility index (Phi) is 5.98. The molecule has 1 aromatic heterocycles. The lowest BCUT2D eigenvalue weighted by Crippen LogP contribution is -2.33. The van der Waals surface area contributed by atoms with Crippen LogP contribution in [0.4, 0.5) is 0 Å². The molecule has 19 heavy (non-hydrogen) atoms. The summed E-state index contributed by atoms with van der Waals surface area (Å²) < 4.78 is 5.14. The van der Waals surface area contributed by atoms with Crippen LogP contribution in [0.3, 0.4) is 0 Å². The monoisotopic (exact) mass is 269 g/mol. The predicted molar refractivity (Wildman–Crippen MR) is 72.1 cm³/mol. The molecule has 6 heteroatoms. The Hall–Kier alpha value is -1.40. The number of aromatic nitrogens is 1. The number of aliphatic carboxylic acids is 1. The molecule has 0 amide bonds. The number of aryl methyl sites for hydroxylation is 2. The average Bonchev–Trinajstić information content (AvgIpc) is 2.63. The Morgan fingerprint density at radius 3 is 2.42 bits per heavy atom. The molecule has 6 nitrogen and oxygen atoms in total. The first-order valence-corrected chi connectivity index (χ1v) is 6.40. The van der Waals surface area contributed by atoms with Crippen LogP contribution in [0.15, 0.2) is 4.52 Å². The predicted octanol–water partition coefficient (Wildman–Crippen LogP) is 1.13. The highest BCUT2D eigenvalue weighted by molar-refractivity contribution is 5.66. The van der Waals surface area contributed by atoms with E-state index in [1.807, 2.05) is 27.9 Å². The van der Waals surface area contributed by atoms with Crippen LogP contribution in [0.1, 0.15) is 23.4 Å². The van der Waals surface area contributed by atoms with Crippen molar-refractivity contribution in [2.45, 2.75) is 26.8 Å². The second-order valence-electron chi connectivity index (χ2n) is 5.03. The Bertz CT molecular complexity index is 396. The second kappa shape index (κ2) is 7.25. The maximum atomic E-state index is 10.7. The van der Waals surface area contributed by atoms with Crippen LogP contribution >= 0.6 is 0 Å². The third-order valence-electron chi connectivity index (χ3n) is 3.07. The van der Waals surface area contributed by atoms with Crippen LogP contribution in [-0.2, 0) is 11.3 Å². The number of hydrogen-bond donors (Lipinski definition) is 1. The lowest BCUT2D eigenvalue weighted by atomic mass is 10.2. The van der Waals surface area contributed by atoms with Crippen LogP contribution < -0.4 is 0 Å². The Balaban J connectivity index is 2.64. The van der Waals surface area contributed by atoms with Gasteiger partial charge in [-0.05, 0) is 27.9 Å². The first-order valence-electron chi connectivity index (χ1n) is 6.40. The summed E-state index contributed by atoms with van der Waals surface area (Å²) in [4.78, 5) is 14.9. The third kappa shape index (κ3) is 5.40. The number of hydrogen-bond acceptors (Lipinski definition) is 5. The van der Waals surface area contributed by atoms with Crippen molar-refractivity contribution >= 4 is 5.97 Å². The third-order valence-corrected chi connectivity index (χ3v) is 3.07. The summed E-state index contributed by atoms with van der Waals surface area (Å²) in [7, 11) is 4.01. The van der Waals surface area contributed by atoms with Crippen molar-refractivity contribution in [3.8, 4) is 0 Å². The first-order chi connectivity index (χ1) is 8.90. The van der Waals surface area contributed by atoms with Crippen molar-refractivity contribution in [1.82, 2.24) is 15.0 Å². The molecule has 0 radical (unpaired) electrons. The molecule has 0 saturated carbocycles. The summed E-state index contributed by atoms with van der Waals surface area (Å²) in [5.41, 5.74) is 1.94. The summed E-state index contributed by atoms with van der Waals surface area (Å²) in [6.45, 7) is 6.73. The van der Waals surface area contributed by atoms with E-state index < -0.39 is 5.97 Å². The molecule has 0 aliphatic heterocycles. The minimum atomic E-state index is -0.770. The van der Waals surface area contributed by atoms with Gasteiger partial charge in [0.2, 0.25) is 0 Å². The van der Waals surface area contributed by atoms with Crippen LogP contribution in [0.2, 0.25) is 0 Å². The maximum absolute atomic E-state index is 10.7. The molecule has 0 aromatic carbocycles. The molecule has 1 rings (SSSR count). The Morgan fingerprint density at radius 2 is 1.95 bits per heavy atom. The molecule has 0 spiro atoms. The summed E-state index contributed by atoms with van der Waals surface area (Å²) in [5, 5.41) is 12.7. The number of carbonyl (C=O) groups is 1. The smallest absolute Gasteiger partial charge is 0.304 e. The van der Waals surface area contributed by atoms with E-state index in [1.54, 1.807) is 0 Å². The fourth-order valence-corrected chi connectivity index (χ4v) is 1.82. The van der Waals surface area contributed by atoms with Crippen LogP contribution in [-0.4, -0.2) is 59.8 Å². The zero-order valence-corrected chi connectivity index (χ0v) is 12.1.